The molecule has 3 aromatic rings. The van der Waals surface area contributed by atoms with Crippen LogP contribution in [0.2, 0.25) is 0 Å². The Kier molecular flexibility index (Phi) is 6.29. The summed E-state index contributed by atoms with van der Waals surface area (Å²) >= 11 is 0. The lowest BCUT2D eigenvalue weighted by molar-refractivity contribution is -0.143. The Labute approximate surface area is 218 Å². The van der Waals surface area contributed by atoms with E-state index in [0.29, 0.717) is 6.54 Å². The van der Waals surface area contributed by atoms with Crippen LogP contribution in [0.4, 0.5) is 11.4 Å². The van der Waals surface area contributed by atoms with Gasteiger partial charge in [-0.15, -0.1) is 0 Å². The van der Waals surface area contributed by atoms with E-state index in [4.69, 9.17) is 0 Å². The molecule has 2 amide bonds. The monoisotopic (exact) mass is 491 g/mol. The van der Waals surface area contributed by atoms with Crippen LogP contribution in [0.25, 0.3) is 0 Å². The van der Waals surface area contributed by atoms with E-state index >= 15 is 0 Å². The SMILES string of the molecule is C=C1CN(C(=O)[C@@H]2CCCC[C@@H]2C(=O)Nc2ccccc2)[C@H]2c3ccccc3N[C@@H](c3ccccc3)[C@@H]12. The van der Waals surface area contributed by atoms with Gasteiger partial charge in [0.25, 0.3) is 0 Å². The van der Waals surface area contributed by atoms with E-state index in [1.807, 2.05) is 53.4 Å². The Morgan fingerprint density at radius 1 is 0.838 bits per heavy atom. The van der Waals surface area contributed by atoms with E-state index in [1.165, 1.54) is 5.56 Å². The quantitative estimate of drug-likeness (QED) is 0.418. The first-order valence-electron chi connectivity index (χ1n) is 13.4. The molecule has 188 valence electrons. The zero-order chi connectivity index (χ0) is 25.4. The van der Waals surface area contributed by atoms with E-state index in [0.717, 1.165) is 48.2 Å². The molecule has 0 unspecified atom stereocenters. The average molecular weight is 492 g/mol. The van der Waals surface area contributed by atoms with Crippen LogP contribution in [-0.2, 0) is 9.59 Å². The second kappa shape index (κ2) is 9.89. The van der Waals surface area contributed by atoms with Crippen LogP contribution < -0.4 is 10.6 Å². The van der Waals surface area contributed by atoms with Crippen molar-refractivity contribution in [2.75, 3.05) is 17.2 Å². The predicted octanol–water partition coefficient (Wildman–Crippen LogP) is 6.35. The zero-order valence-electron chi connectivity index (χ0n) is 21.0. The summed E-state index contributed by atoms with van der Waals surface area (Å²) in [4.78, 5) is 29.7. The normalized spacial score (nSPS) is 26.5. The molecule has 1 aliphatic carbocycles. The molecule has 3 aromatic carbocycles. The lowest BCUT2D eigenvalue weighted by Gasteiger charge is -2.41. The van der Waals surface area contributed by atoms with Crippen LogP contribution in [0.5, 0.6) is 0 Å². The highest BCUT2D eigenvalue weighted by Crippen LogP contribution is 2.53. The topological polar surface area (TPSA) is 61.4 Å². The van der Waals surface area contributed by atoms with Gasteiger partial charge in [-0.3, -0.25) is 9.59 Å². The number of likely N-dealkylation sites (tertiary alicyclic amines) is 1. The van der Waals surface area contributed by atoms with Crippen molar-refractivity contribution in [1.82, 2.24) is 4.90 Å². The molecule has 2 heterocycles. The van der Waals surface area contributed by atoms with Crippen LogP contribution in [0.3, 0.4) is 0 Å². The van der Waals surface area contributed by atoms with Crippen LogP contribution in [0, 0.1) is 17.8 Å². The lowest BCUT2D eigenvalue weighted by atomic mass is 9.76. The van der Waals surface area contributed by atoms with Gasteiger partial charge in [0.05, 0.1) is 12.1 Å². The highest BCUT2D eigenvalue weighted by atomic mass is 16.2. The number of para-hydroxylation sites is 2. The van der Waals surface area contributed by atoms with Crippen LogP contribution in [0.15, 0.2) is 97.1 Å². The Balaban J connectivity index is 1.32. The summed E-state index contributed by atoms with van der Waals surface area (Å²) in [5, 5.41) is 6.80. The summed E-state index contributed by atoms with van der Waals surface area (Å²) in [7, 11) is 0. The molecule has 0 bridgehead atoms. The Hall–Kier alpha value is -3.86. The number of nitrogens with one attached hydrogen (secondary N) is 2. The molecule has 2 fully saturated rings. The molecule has 5 heteroatoms. The standard InChI is InChI=1S/C32H33N3O2/c1-21-20-35(32(37)25-17-9-8-16-24(25)31(36)33-23-14-6-3-7-15-23)30-26-18-10-11-19-27(26)34-29(28(21)30)22-12-4-2-5-13-22/h2-7,10-15,18-19,24-25,28-30,34H,1,8-9,16-17,20H2,(H,33,36)/t24-,25+,28+,29-,30-/m0/s1. The van der Waals surface area contributed by atoms with Crippen molar-refractivity contribution >= 4 is 23.2 Å². The summed E-state index contributed by atoms with van der Waals surface area (Å²) in [5.74, 6) is -0.532. The molecule has 1 saturated carbocycles. The van der Waals surface area contributed by atoms with Crippen LogP contribution in [-0.4, -0.2) is 23.3 Å². The molecule has 1 saturated heterocycles. The first-order chi connectivity index (χ1) is 18.1. The molecule has 5 nitrogen and oxygen atoms in total. The first-order valence-corrected chi connectivity index (χ1v) is 13.4. The van der Waals surface area contributed by atoms with Gasteiger partial charge < -0.3 is 15.5 Å². The van der Waals surface area contributed by atoms with Crippen molar-refractivity contribution in [3.8, 4) is 0 Å². The molecule has 2 aliphatic heterocycles. The lowest BCUT2D eigenvalue weighted by Crippen LogP contribution is -2.45. The van der Waals surface area contributed by atoms with Crippen molar-refractivity contribution < 1.29 is 9.59 Å². The van der Waals surface area contributed by atoms with Crippen molar-refractivity contribution in [1.29, 1.82) is 0 Å². The van der Waals surface area contributed by atoms with Crippen LogP contribution in [0.1, 0.15) is 48.9 Å². The Morgan fingerprint density at radius 2 is 1.49 bits per heavy atom. The number of hydrogen-bond donors (Lipinski definition) is 2. The maximum absolute atomic E-state index is 14.3. The molecular formula is C32H33N3O2. The number of rotatable bonds is 4. The number of carbonyl (C=O) groups excluding carboxylic acids is 2. The third-order valence-electron chi connectivity index (χ3n) is 8.37. The van der Waals surface area contributed by atoms with Gasteiger partial charge in [0, 0.05) is 35.7 Å². The summed E-state index contributed by atoms with van der Waals surface area (Å²) in [6, 6.07) is 28.2. The molecule has 0 spiro atoms. The molecule has 0 radical (unpaired) electrons. The number of benzene rings is 3. The number of fused-ring (bicyclic) bond motifs is 3. The number of nitrogens with zero attached hydrogens (tertiary/aromatic N) is 1. The number of hydrogen-bond acceptors (Lipinski definition) is 3. The second-order valence-corrected chi connectivity index (χ2v) is 10.6. The van der Waals surface area contributed by atoms with Crippen molar-refractivity contribution in [2.45, 2.75) is 37.8 Å². The fourth-order valence-electron chi connectivity index (χ4n) is 6.64. The van der Waals surface area contributed by atoms with Crippen molar-refractivity contribution in [3.05, 3.63) is 108 Å². The number of amides is 2. The Morgan fingerprint density at radius 3 is 2.24 bits per heavy atom. The minimum absolute atomic E-state index is 0.0370. The van der Waals surface area contributed by atoms with Gasteiger partial charge in [-0.1, -0.05) is 91.7 Å². The Bertz CT molecular complexity index is 1310. The summed E-state index contributed by atoms with van der Waals surface area (Å²) in [6.07, 6.45) is 3.42. The molecule has 5 atom stereocenters. The average Bonchev–Trinajstić information content (AvgIpc) is 3.30. The fraction of sp³-hybridized carbons (Fsp3) is 0.312. The largest absolute Gasteiger partial charge is 0.377 e. The number of carbonyl (C=O) groups is 2. The smallest absolute Gasteiger partial charge is 0.228 e. The van der Waals surface area contributed by atoms with Gasteiger partial charge in [0.15, 0.2) is 0 Å². The van der Waals surface area contributed by atoms with Gasteiger partial charge in [0.2, 0.25) is 11.8 Å². The minimum atomic E-state index is -0.323. The van der Waals surface area contributed by atoms with Gasteiger partial charge in [0.1, 0.15) is 0 Å². The van der Waals surface area contributed by atoms with E-state index in [-0.39, 0.29) is 41.7 Å². The predicted molar refractivity (Wildman–Crippen MR) is 147 cm³/mol. The maximum Gasteiger partial charge on any atom is 0.228 e. The molecule has 6 rings (SSSR count). The van der Waals surface area contributed by atoms with E-state index in [2.05, 4.69) is 53.6 Å². The van der Waals surface area contributed by atoms with E-state index in [9.17, 15) is 9.59 Å². The number of anilines is 2. The molecule has 3 aliphatic rings. The van der Waals surface area contributed by atoms with Gasteiger partial charge in [-0.2, -0.15) is 0 Å². The van der Waals surface area contributed by atoms with Crippen molar-refractivity contribution in [3.63, 3.8) is 0 Å². The molecule has 37 heavy (non-hydrogen) atoms. The van der Waals surface area contributed by atoms with Gasteiger partial charge in [-0.05, 0) is 42.2 Å². The van der Waals surface area contributed by atoms with Crippen molar-refractivity contribution in [2.24, 2.45) is 17.8 Å². The second-order valence-electron chi connectivity index (χ2n) is 10.6. The minimum Gasteiger partial charge on any atom is -0.377 e. The molecule has 0 aromatic heterocycles. The summed E-state index contributed by atoms with van der Waals surface area (Å²) < 4.78 is 0. The zero-order valence-corrected chi connectivity index (χ0v) is 21.0. The van der Waals surface area contributed by atoms with Crippen LogP contribution >= 0.6 is 0 Å². The summed E-state index contributed by atoms with van der Waals surface area (Å²) in [5.41, 5.74) is 5.23. The third kappa shape index (κ3) is 4.33. The highest BCUT2D eigenvalue weighted by molar-refractivity contribution is 5.96. The van der Waals surface area contributed by atoms with Gasteiger partial charge in [-0.25, -0.2) is 0 Å². The van der Waals surface area contributed by atoms with Gasteiger partial charge >= 0.3 is 0 Å². The highest BCUT2D eigenvalue weighted by Gasteiger charge is 2.50. The van der Waals surface area contributed by atoms with E-state index < -0.39 is 0 Å². The molecular weight excluding hydrogens is 458 g/mol. The fourth-order valence-corrected chi connectivity index (χ4v) is 6.64. The third-order valence-corrected chi connectivity index (χ3v) is 8.37. The summed E-state index contributed by atoms with van der Waals surface area (Å²) in [6.45, 7) is 4.99. The maximum atomic E-state index is 14.3. The van der Waals surface area contributed by atoms with E-state index in [1.54, 1.807) is 0 Å². The molecule has 2 N–H and O–H groups in total. The first kappa shape index (κ1) is 23.5.